The molecule has 2 unspecified atom stereocenters. The number of nitrogens with one attached hydrogen (secondary N) is 1. The third kappa shape index (κ3) is 5.92. The predicted molar refractivity (Wildman–Crippen MR) is 130 cm³/mol. The summed E-state index contributed by atoms with van der Waals surface area (Å²) in [5.74, 6) is -0.154. The van der Waals surface area contributed by atoms with Crippen LogP contribution in [0.2, 0.25) is 0 Å². The number of likely N-dealkylation sites (tertiary alicyclic amines) is 1. The Labute approximate surface area is 210 Å². The van der Waals surface area contributed by atoms with Gasteiger partial charge in [0.2, 0.25) is 0 Å². The fourth-order valence-corrected chi connectivity index (χ4v) is 5.49. The van der Waals surface area contributed by atoms with E-state index >= 15 is 0 Å². The minimum Gasteiger partial charge on any atom is -0.363 e. The number of halogens is 4. The number of carbonyl (C=O) groups is 1. The number of piperidine rings is 1. The predicted octanol–water partition coefficient (Wildman–Crippen LogP) is 5.91. The van der Waals surface area contributed by atoms with Crippen LogP contribution in [0, 0.1) is 11.7 Å². The molecule has 1 amide bonds. The van der Waals surface area contributed by atoms with Crippen LogP contribution in [0.4, 0.5) is 17.6 Å². The lowest BCUT2D eigenvalue weighted by Crippen LogP contribution is -2.58. The van der Waals surface area contributed by atoms with Gasteiger partial charge in [-0.1, -0.05) is 38.1 Å². The zero-order chi connectivity index (χ0) is 25.9. The summed E-state index contributed by atoms with van der Waals surface area (Å²) in [4.78, 5) is 15.6. The SMILES string of the molecule is CC(C)C1(C(=O)NCc2cccc(C(F)(F)F)c2)CCC(N2CCC(c3ccc(F)cc3)CC2)CO1. The molecular weight excluding hydrogens is 472 g/mol. The number of carbonyl (C=O) groups excluding carboxylic acids is 1. The summed E-state index contributed by atoms with van der Waals surface area (Å²) in [6, 6.07) is 12.0. The molecule has 0 saturated carbocycles. The fourth-order valence-electron chi connectivity index (χ4n) is 5.49. The summed E-state index contributed by atoms with van der Waals surface area (Å²) < 4.78 is 58.5. The van der Waals surface area contributed by atoms with Crippen molar-refractivity contribution in [3.8, 4) is 0 Å². The van der Waals surface area contributed by atoms with E-state index in [1.54, 1.807) is 6.07 Å². The standard InChI is InChI=1S/C28H34F4N2O2/c1-19(2)27(26(35)33-17-20-4-3-5-23(16-20)28(30,31)32)13-10-25(18-36-27)34-14-11-22(12-15-34)21-6-8-24(29)9-7-21/h3-9,16,19,22,25H,10-15,17-18H2,1-2H3,(H,33,35). The van der Waals surface area contributed by atoms with Gasteiger partial charge >= 0.3 is 6.18 Å². The van der Waals surface area contributed by atoms with E-state index in [0.29, 0.717) is 24.5 Å². The zero-order valence-corrected chi connectivity index (χ0v) is 20.8. The first-order valence-corrected chi connectivity index (χ1v) is 12.7. The zero-order valence-electron chi connectivity index (χ0n) is 20.8. The molecule has 2 aliphatic rings. The molecule has 0 spiro atoms. The summed E-state index contributed by atoms with van der Waals surface area (Å²) in [6.07, 6.45) is -1.06. The number of ether oxygens (including phenoxy) is 1. The van der Waals surface area contributed by atoms with Crippen molar-refractivity contribution in [1.82, 2.24) is 10.2 Å². The van der Waals surface area contributed by atoms with Gasteiger partial charge in [0, 0.05) is 12.6 Å². The van der Waals surface area contributed by atoms with E-state index in [9.17, 15) is 22.4 Å². The number of alkyl halides is 3. The molecule has 2 aliphatic heterocycles. The lowest BCUT2D eigenvalue weighted by atomic mass is 9.80. The minimum absolute atomic E-state index is 0.0148. The van der Waals surface area contributed by atoms with Gasteiger partial charge < -0.3 is 10.1 Å². The van der Waals surface area contributed by atoms with Crippen molar-refractivity contribution >= 4 is 5.91 Å². The van der Waals surface area contributed by atoms with E-state index in [1.807, 2.05) is 26.0 Å². The van der Waals surface area contributed by atoms with Gasteiger partial charge in [-0.2, -0.15) is 13.2 Å². The molecule has 0 aromatic heterocycles. The summed E-state index contributed by atoms with van der Waals surface area (Å²) >= 11 is 0. The summed E-state index contributed by atoms with van der Waals surface area (Å²) in [5, 5.41) is 2.82. The Morgan fingerprint density at radius 2 is 1.81 bits per heavy atom. The van der Waals surface area contributed by atoms with Gasteiger partial charge in [0.15, 0.2) is 0 Å². The topological polar surface area (TPSA) is 41.6 Å². The van der Waals surface area contributed by atoms with Crippen molar-refractivity contribution in [2.45, 2.75) is 69.8 Å². The van der Waals surface area contributed by atoms with Crippen molar-refractivity contribution in [2.24, 2.45) is 5.92 Å². The highest BCUT2D eigenvalue weighted by Gasteiger charge is 2.46. The van der Waals surface area contributed by atoms with Gasteiger partial charge in [-0.25, -0.2) is 4.39 Å². The Morgan fingerprint density at radius 3 is 2.39 bits per heavy atom. The summed E-state index contributed by atoms with van der Waals surface area (Å²) in [6.45, 7) is 6.19. The molecule has 0 aliphatic carbocycles. The highest BCUT2D eigenvalue weighted by Crippen LogP contribution is 2.36. The van der Waals surface area contributed by atoms with Gasteiger partial charge in [0.1, 0.15) is 11.4 Å². The molecule has 2 aromatic rings. The van der Waals surface area contributed by atoms with E-state index in [2.05, 4.69) is 10.2 Å². The number of benzene rings is 2. The number of hydrogen-bond acceptors (Lipinski definition) is 3. The molecule has 4 nitrogen and oxygen atoms in total. The van der Waals surface area contributed by atoms with Gasteiger partial charge in [-0.05, 0) is 86.0 Å². The number of rotatable bonds is 6. The molecule has 8 heteroatoms. The van der Waals surface area contributed by atoms with Crippen LogP contribution in [0.1, 0.15) is 62.1 Å². The average molecular weight is 507 g/mol. The molecule has 1 N–H and O–H groups in total. The first-order valence-electron chi connectivity index (χ1n) is 12.7. The number of nitrogens with zero attached hydrogens (tertiary/aromatic N) is 1. The third-order valence-corrected chi connectivity index (χ3v) is 7.79. The average Bonchev–Trinajstić information content (AvgIpc) is 2.87. The fraction of sp³-hybridized carbons (Fsp3) is 0.536. The Hall–Kier alpha value is -2.45. The molecule has 2 atom stereocenters. The first-order chi connectivity index (χ1) is 17.1. The Morgan fingerprint density at radius 1 is 1.11 bits per heavy atom. The number of hydrogen-bond donors (Lipinski definition) is 1. The van der Waals surface area contributed by atoms with Crippen LogP contribution < -0.4 is 5.32 Å². The minimum atomic E-state index is -4.42. The lowest BCUT2D eigenvalue weighted by Gasteiger charge is -2.46. The third-order valence-electron chi connectivity index (χ3n) is 7.79. The molecule has 0 bridgehead atoms. The quantitative estimate of drug-likeness (QED) is 0.495. The highest BCUT2D eigenvalue weighted by atomic mass is 19.4. The first kappa shape index (κ1) is 26.6. The second-order valence-electron chi connectivity index (χ2n) is 10.3. The van der Waals surface area contributed by atoms with E-state index in [1.165, 1.54) is 23.8 Å². The Balaban J connectivity index is 1.32. The van der Waals surface area contributed by atoms with Crippen molar-refractivity contribution in [3.05, 3.63) is 71.0 Å². The van der Waals surface area contributed by atoms with E-state index in [-0.39, 0.29) is 30.2 Å². The van der Waals surface area contributed by atoms with E-state index in [0.717, 1.165) is 44.5 Å². The maximum atomic E-state index is 13.2. The second kappa shape index (κ2) is 10.9. The van der Waals surface area contributed by atoms with Crippen LogP contribution in [0.15, 0.2) is 48.5 Å². The van der Waals surface area contributed by atoms with Crippen LogP contribution in [0.25, 0.3) is 0 Å². The summed E-state index contributed by atoms with van der Waals surface area (Å²) in [7, 11) is 0. The molecule has 2 fully saturated rings. The van der Waals surface area contributed by atoms with E-state index in [4.69, 9.17) is 4.74 Å². The van der Waals surface area contributed by atoms with Gasteiger partial charge in [-0.3, -0.25) is 9.69 Å². The van der Waals surface area contributed by atoms with Gasteiger partial charge in [-0.15, -0.1) is 0 Å². The molecule has 2 aromatic carbocycles. The van der Waals surface area contributed by atoms with Crippen LogP contribution in [0.5, 0.6) is 0 Å². The second-order valence-corrected chi connectivity index (χ2v) is 10.3. The lowest BCUT2D eigenvalue weighted by molar-refractivity contribution is -0.170. The Bertz CT molecular complexity index is 1020. The molecule has 2 saturated heterocycles. The van der Waals surface area contributed by atoms with Crippen molar-refractivity contribution in [3.63, 3.8) is 0 Å². The smallest absolute Gasteiger partial charge is 0.363 e. The van der Waals surface area contributed by atoms with Crippen LogP contribution >= 0.6 is 0 Å². The van der Waals surface area contributed by atoms with Crippen LogP contribution in [-0.2, 0) is 22.3 Å². The Kier molecular flexibility index (Phi) is 8.05. The van der Waals surface area contributed by atoms with Crippen molar-refractivity contribution in [1.29, 1.82) is 0 Å². The largest absolute Gasteiger partial charge is 0.416 e. The normalized spacial score (nSPS) is 24.1. The molecule has 196 valence electrons. The van der Waals surface area contributed by atoms with Gasteiger partial charge in [0.25, 0.3) is 5.91 Å². The highest BCUT2D eigenvalue weighted by molar-refractivity contribution is 5.85. The molecular formula is C28H34F4N2O2. The molecule has 2 heterocycles. The van der Waals surface area contributed by atoms with Crippen molar-refractivity contribution in [2.75, 3.05) is 19.7 Å². The molecule has 36 heavy (non-hydrogen) atoms. The maximum Gasteiger partial charge on any atom is 0.416 e. The maximum absolute atomic E-state index is 13.2. The molecule has 0 radical (unpaired) electrons. The van der Waals surface area contributed by atoms with Crippen molar-refractivity contribution < 1.29 is 27.1 Å². The monoisotopic (exact) mass is 506 g/mol. The van der Waals surface area contributed by atoms with Gasteiger partial charge in [0.05, 0.1) is 12.2 Å². The van der Waals surface area contributed by atoms with Crippen LogP contribution in [-0.4, -0.2) is 42.1 Å². The van der Waals surface area contributed by atoms with E-state index < -0.39 is 17.3 Å². The molecule has 4 rings (SSSR count). The van der Waals surface area contributed by atoms with Crippen LogP contribution in [0.3, 0.4) is 0 Å². The summed E-state index contributed by atoms with van der Waals surface area (Å²) in [5.41, 5.74) is -0.153. The number of amides is 1.